The molecule has 0 bridgehead atoms. The molecule has 0 atom stereocenters. The molecule has 1 heterocycles. The smallest absolute Gasteiger partial charge is 0.358 e. The molecule has 0 unspecified atom stereocenters. The third-order valence-corrected chi connectivity index (χ3v) is 3.92. The van der Waals surface area contributed by atoms with E-state index in [-0.39, 0.29) is 5.69 Å². The van der Waals surface area contributed by atoms with E-state index in [1.165, 1.54) is 5.56 Å². The van der Waals surface area contributed by atoms with Gasteiger partial charge in [-0.25, -0.2) is 9.48 Å². The Bertz CT molecular complexity index is 655. The van der Waals surface area contributed by atoms with E-state index in [0.717, 1.165) is 24.1 Å². The molecular formula is C16H19N3O2. The second-order valence-corrected chi connectivity index (χ2v) is 5.96. The Morgan fingerprint density at radius 1 is 1.33 bits per heavy atom. The van der Waals surface area contributed by atoms with Crippen LogP contribution in [-0.4, -0.2) is 26.1 Å². The molecular weight excluding hydrogens is 266 g/mol. The van der Waals surface area contributed by atoms with Gasteiger partial charge in [-0.1, -0.05) is 43.3 Å². The first-order valence-corrected chi connectivity index (χ1v) is 7.31. The van der Waals surface area contributed by atoms with Crippen molar-refractivity contribution < 1.29 is 9.90 Å². The first-order chi connectivity index (χ1) is 10.1. The zero-order valence-electron chi connectivity index (χ0n) is 12.3. The van der Waals surface area contributed by atoms with Gasteiger partial charge in [0.25, 0.3) is 0 Å². The van der Waals surface area contributed by atoms with E-state index in [0.29, 0.717) is 18.4 Å². The fraction of sp³-hybridized carbons (Fsp3) is 0.438. The average molecular weight is 285 g/mol. The molecule has 0 radical (unpaired) electrons. The molecule has 1 aromatic carbocycles. The predicted molar refractivity (Wildman–Crippen MR) is 78.6 cm³/mol. The van der Waals surface area contributed by atoms with Crippen LogP contribution < -0.4 is 0 Å². The number of benzene rings is 1. The van der Waals surface area contributed by atoms with Crippen LogP contribution in [0.1, 0.15) is 65.8 Å². The lowest BCUT2D eigenvalue weighted by atomic mass is 10.0. The first kappa shape index (κ1) is 13.8. The fourth-order valence-electron chi connectivity index (χ4n) is 2.53. The SMILES string of the molecule is CC(C)c1ccc(Cn2nnc(C(=O)O)c2C2CC2)cc1. The van der Waals surface area contributed by atoms with Crippen LogP contribution in [0.4, 0.5) is 0 Å². The van der Waals surface area contributed by atoms with Gasteiger partial charge in [0.05, 0.1) is 12.2 Å². The number of hydrogen-bond donors (Lipinski definition) is 1. The Morgan fingerprint density at radius 2 is 2.00 bits per heavy atom. The molecule has 3 rings (SSSR count). The summed E-state index contributed by atoms with van der Waals surface area (Å²) >= 11 is 0. The molecule has 2 aromatic rings. The minimum Gasteiger partial charge on any atom is -0.476 e. The number of rotatable bonds is 5. The fourth-order valence-corrected chi connectivity index (χ4v) is 2.53. The first-order valence-electron chi connectivity index (χ1n) is 7.31. The highest BCUT2D eigenvalue weighted by atomic mass is 16.4. The van der Waals surface area contributed by atoms with Crippen molar-refractivity contribution >= 4 is 5.97 Å². The second-order valence-electron chi connectivity index (χ2n) is 5.96. The summed E-state index contributed by atoms with van der Waals surface area (Å²) in [5.41, 5.74) is 3.29. The molecule has 1 aromatic heterocycles. The maximum atomic E-state index is 11.2. The van der Waals surface area contributed by atoms with Crippen molar-refractivity contribution in [2.75, 3.05) is 0 Å². The Morgan fingerprint density at radius 3 is 2.52 bits per heavy atom. The third-order valence-electron chi connectivity index (χ3n) is 3.92. The van der Waals surface area contributed by atoms with Gasteiger partial charge in [0, 0.05) is 5.92 Å². The molecule has 1 aliphatic rings. The van der Waals surface area contributed by atoms with Crippen molar-refractivity contribution in [1.29, 1.82) is 0 Å². The van der Waals surface area contributed by atoms with Gasteiger partial charge < -0.3 is 5.11 Å². The minimum atomic E-state index is -0.988. The van der Waals surface area contributed by atoms with Crippen molar-refractivity contribution in [1.82, 2.24) is 15.0 Å². The van der Waals surface area contributed by atoms with Gasteiger partial charge in [0.2, 0.25) is 0 Å². The highest BCUT2D eigenvalue weighted by Gasteiger charge is 2.33. The minimum absolute atomic E-state index is 0.108. The number of carboxylic acids is 1. The van der Waals surface area contributed by atoms with Gasteiger partial charge in [-0.05, 0) is 29.9 Å². The highest BCUT2D eigenvalue weighted by Crippen LogP contribution is 2.41. The van der Waals surface area contributed by atoms with E-state index < -0.39 is 5.97 Å². The van der Waals surface area contributed by atoms with E-state index in [4.69, 9.17) is 0 Å². The summed E-state index contributed by atoms with van der Waals surface area (Å²) < 4.78 is 1.74. The Hall–Kier alpha value is -2.17. The average Bonchev–Trinajstić information content (AvgIpc) is 3.20. The molecule has 0 aliphatic heterocycles. The normalized spacial score (nSPS) is 14.6. The number of carboxylic acid groups (broad SMARTS) is 1. The summed E-state index contributed by atoms with van der Waals surface area (Å²) in [5, 5.41) is 17.1. The van der Waals surface area contributed by atoms with Crippen LogP contribution in [0.25, 0.3) is 0 Å². The van der Waals surface area contributed by atoms with Gasteiger partial charge in [-0.2, -0.15) is 0 Å². The number of hydrogen-bond acceptors (Lipinski definition) is 3. The van der Waals surface area contributed by atoms with E-state index in [1.807, 2.05) is 0 Å². The van der Waals surface area contributed by atoms with Gasteiger partial charge in [0.1, 0.15) is 0 Å². The maximum absolute atomic E-state index is 11.2. The summed E-state index contributed by atoms with van der Waals surface area (Å²) in [6.45, 7) is 4.90. The molecule has 0 spiro atoms. The van der Waals surface area contributed by atoms with Crippen LogP contribution >= 0.6 is 0 Å². The van der Waals surface area contributed by atoms with Gasteiger partial charge in [-0.3, -0.25) is 0 Å². The number of nitrogens with zero attached hydrogens (tertiary/aromatic N) is 3. The van der Waals surface area contributed by atoms with Crippen molar-refractivity contribution in [3.8, 4) is 0 Å². The number of carbonyl (C=O) groups is 1. The Labute approximate surface area is 123 Å². The van der Waals surface area contributed by atoms with Crippen molar-refractivity contribution in [3.05, 3.63) is 46.8 Å². The lowest BCUT2D eigenvalue weighted by Crippen LogP contribution is -2.08. The molecule has 1 fully saturated rings. The molecule has 0 amide bonds. The van der Waals surface area contributed by atoms with Crippen LogP contribution in [0.2, 0.25) is 0 Å². The zero-order chi connectivity index (χ0) is 15.0. The largest absolute Gasteiger partial charge is 0.476 e. The van der Waals surface area contributed by atoms with Crippen LogP contribution in [-0.2, 0) is 6.54 Å². The third kappa shape index (κ3) is 2.82. The van der Waals surface area contributed by atoms with Gasteiger partial charge in [0.15, 0.2) is 5.69 Å². The van der Waals surface area contributed by atoms with E-state index in [1.54, 1.807) is 4.68 Å². The number of aromatic carboxylic acids is 1. The van der Waals surface area contributed by atoms with E-state index in [2.05, 4.69) is 48.4 Å². The highest BCUT2D eigenvalue weighted by molar-refractivity contribution is 5.86. The molecule has 1 N–H and O–H groups in total. The topological polar surface area (TPSA) is 68.0 Å². The van der Waals surface area contributed by atoms with E-state index >= 15 is 0 Å². The molecule has 0 saturated heterocycles. The summed E-state index contributed by atoms with van der Waals surface area (Å²) in [7, 11) is 0. The van der Waals surface area contributed by atoms with Gasteiger partial charge >= 0.3 is 5.97 Å². The predicted octanol–water partition coefficient (Wildman–Crippen LogP) is 3.03. The van der Waals surface area contributed by atoms with Crippen LogP contribution in [0, 0.1) is 0 Å². The monoisotopic (exact) mass is 285 g/mol. The van der Waals surface area contributed by atoms with Crippen molar-refractivity contribution in [2.45, 2.75) is 45.1 Å². The summed E-state index contributed by atoms with van der Waals surface area (Å²) in [4.78, 5) is 11.2. The zero-order valence-corrected chi connectivity index (χ0v) is 12.3. The second kappa shape index (κ2) is 5.31. The lowest BCUT2D eigenvalue weighted by Gasteiger charge is -2.09. The molecule has 110 valence electrons. The maximum Gasteiger partial charge on any atom is 0.358 e. The lowest BCUT2D eigenvalue weighted by molar-refractivity contribution is 0.0689. The Kier molecular flexibility index (Phi) is 3.49. The van der Waals surface area contributed by atoms with Crippen LogP contribution in [0.3, 0.4) is 0 Å². The Balaban J connectivity index is 1.86. The van der Waals surface area contributed by atoms with Crippen LogP contribution in [0.5, 0.6) is 0 Å². The van der Waals surface area contributed by atoms with Gasteiger partial charge in [-0.15, -0.1) is 5.10 Å². The van der Waals surface area contributed by atoms with Crippen molar-refractivity contribution in [3.63, 3.8) is 0 Å². The summed E-state index contributed by atoms with van der Waals surface area (Å²) in [6.07, 6.45) is 2.06. The number of aromatic nitrogens is 3. The quantitative estimate of drug-likeness (QED) is 0.917. The van der Waals surface area contributed by atoms with Crippen LogP contribution in [0.15, 0.2) is 24.3 Å². The summed E-state index contributed by atoms with van der Waals surface area (Å²) in [6, 6.07) is 8.39. The molecule has 1 saturated carbocycles. The molecule has 5 heteroatoms. The van der Waals surface area contributed by atoms with Crippen molar-refractivity contribution in [2.24, 2.45) is 0 Å². The standard InChI is InChI=1S/C16H19N3O2/c1-10(2)12-5-3-11(4-6-12)9-19-15(13-7-8-13)14(16(20)21)17-18-19/h3-6,10,13H,7-9H2,1-2H3,(H,20,21). The molecule has 1 aliphatic carbocycles. The molecule has 5 nitrogen and oxygen atoms in total. The van der Waals surface area contributed by atoms with E-state index in [9.17, 15) is 9.90 Å². The molecule has 21 heavy (non-hydrogen) atoms. The summed E-state index contributed by atoms with van der Waals surface area (Å²) in [5.74, 6) is -0.176.